The Hall–Kier alpha value is -2.90. The Bertz CT molecular complexity index is 808. The van der Waals surface area contributed by atoms with Crippen LogP contribution in [-0.2, 0) is 18.4 Å². The Morgan fingerprint density at radius 2 is 2.04 bits per heavy atom. The number of carbonyl (C=O) groups is 1. The molecule has 2 aromatic rings. The molecule has 1 heterocycles. The molecule has 0 atom stereocenters. The van der Waals surface area contributed by atoms with E-state index in [0.29, 0.717) is 24.1 Å². The van der Waals surface area contributed by atoms with Gasteiger partial charge >= 0.3 is 5.69 Å². The van der Waals surface area contributed by atoms with Gasteiger partial charge in [-0.1, -0.05) is 12.1 Å². The van der Waals surface area contributed by atoms with E-state index in [1.807, 2.05) is 29.2 Å². The number of carbonyl (C=O) groups excluding carboxylic acids is 1. The van der Waals surface area contributed by atoms with Gasteiger partial charge in [-0.05, 0) is 37.5 Å². The summed E-state index contributed by atoms with van der Waals surface area (Å²) in [7, 11) is 1.66. The van der Waals surface area contributed by atoms with Crippen LogP contribution in [0.1, 0.15) is 31.0 Å². The van der Waals surface area contributed by atoms with E-state index in [2.05, 4.69) is 10.4 Å². The lowest BCUT2D eigenvalue weighted by molar-refractivity contribution is -0.384. The number of aryl methyl sites for hydroxylation is 2. The summed E-state index contributed by atoms with van der Waals surface area (Å²) in [5.41, 5.74) is 2.11. The highest BCUT2D eigenvalue weighted by Crippen LogP contribution is 2.31. The minimum Gasteiger partial charge on any atom is -0.336 e. The first-order valence-corrected chi connectivity index (χ1v) is 8.18. The second kappa shape index (κ2) is 6.54. The first-order chi connectivity index (χ1) is 11.9. The normalized spacial score (nSPS) is 13.6. The molecule has 0 saturated heterocycles. The smallest absolute Gasteiger partial charge is 0.334 e. The number of rotatable bonds is 6. The topological polar surface area (TPSA) is 93.3 Å². The molecule has 0 spiro atoms. The molecule has 1 aliphatic carbocycles. The molecular weight excluding hydrogens is 322 g/mol. The van der Waals surface area contributed by atoms with Gasteiger partial charge in [-0.25, -0.2) is 4.68 Å². The van der Waals surface area contributed by atoms with Gasteiger partial charge in [0.2, 0.25) is 11.7 Å². The third-order valence-electron chi connectivity index (χ3n) is 4.33. The number of nitrogens with zero attached hydrogens (tertiary/aromatic N) is 4. The van der Waals surface area contributed by atoms with Crippen LogP contribution in [0.25, 0.3) is 0 Å². The molecule has 3 rings (SSSR count). The lowest BCUT2D eigenvalue weighted by Gasteiger charge is -2.20. The predicted octanol–water partition coefficient (Wildman–Crippen LogP) is 2.89. The van der Waals surface area contributed by atoms with Crippen molar-refractivity contribution in [3.8, 4) is 0 Å². The number of hydrogen-bond acceptors (Lipinski definition) is 5. The zero-order valence-electron chi connectivity index (χ0n) is 14.5. The summed E-state index contributed by atoms with van der Waals surface area (Å²) in [6.45, 7) is 3.80. The molecule has 1 saturated carbocycles. The first kappa shape index (κ1) is 16.9. The Morgan fingerprint density at radius 3 is 2.56 bits per heavy atom. The maximum Gasteiger partial charge on any atom is 0.334 e. The molecule has 1 N–H and O–H groups in total. The number of aromatic nitrogens is 2. The third-order valence-corrected chi connectivity index (χ3v) is 4.33. The molecule has 1 aromatic heterocycles. The summed E-state index contributed by atoms with van der Waals surface area (Å²) in [5, 5.41) is 18.4. The van der Waals surface area contributed by atoms with Gasteiger partial charge in [-0.3, -0.25) is 14.9 Å². The summed E-state index contributed by atoms with van der Waals surface area (Å²) in [6.07, 6.45) is 2.14. The molecule has 1 aromatic carbocycles. The number of hydrogen-bond donors (Lipinski definition) is 1. The van der Waals surface area contributed by atoms with Crippen molar-refractivity contribution < 1.29 is 9.72 Å². The number of anilines is 2. The van der Waals surface area contributed by atoms with Gasteiger partial charge < -0.3 is 10.2 Å². The average molecular weight is 343 g/mol. The molecule has 8 heteroatoms. The highest BCUT2D eigenvalue weighted by atomic mass is 16.6. The van der Waals surface area contributed by atoms with E-state index >= 15 is 0 Å². The van der Waals surface area contributed by atoms with Crippen molar-refractivity contribution in [1.29, 1.82) is 0 Å². The van der Waals surface area contributed by atoms with Crippen LogP contribution in [0.2, 0.25) is 0 Å². The van der Waals surface area contributed by atoms with Crippen molar-refractivity contribution in [2.45, 2.75) is 39.3 Å². The molecule has 0 bridgehead atoms. The average Bonchev–Trinajstić information content (AvgIpc) is 3.33. The van der Waals surface area contributed by atoms with Gasteiger partial charge in [0.1, 0.15) is 5.69 Å². The number of benzene rings is 1. The number of amides is 1. The molecular formula is C17H21N5O3. The molecule has 1 aliphatic rings. The third kappa shape index (κ3) is 3.62. The largest absolute Gasteiger partial charge is 0.336 e. The second-order valence-corrected chi connectivity index (χ2v) is 6.36. The second-order valence-electron chi connectivity index (χ2n) is 6.36. The van der Waals surface area contributed by atoms with Crippen LogP contribution in [0.5, 0.6) is 0 Å². The van der Waals surface area contributed by atoms with Crippen molar-refractivity contribution in [2.24, 2.45) is 7.05 Å². The zero-order valence-corrected chi connectivity index (χ0v) is 14.5. The molecule has 0 radical (unpaired) electrons. The zero-order chi connectivity index (χ0) is 18.1. The molecule has 8 nitrogen and oxygen atoms in total. The van der Waals surface area contributed by atoms with Gasteiger partial charge in [-0.2, -0.15) is 5.10 Å². The number of nitrogens with one attached hydrogen (secondary N) is 1. The Labute approximate surface area is 145 Å². The van der Waals surface area contributed by atoms with E-state index in [4.69, 9.17) is 0 Å². The van der Waals surface area contributed by atoms with Crippen LogP contribution < -0.4 is 5.32 Å². The highest BCUT2D eigenvalue weighted by Gasteiger charge is 2.30. The predicted molar refractivity (Wildman–Crippen MR) is 93.6 cm³/mol. The molecule has 132 valence electrons. The van der Waals surface area contributed by atoms with Crippen molar-refractivity contribution in [1.82, 2.24) is 14.7 Å². The van der Waals surface area contributed by atoms with Gasteiger partial charge in [0.15, 0.2) is 0 Å². The van der Waals surface area contributed by atoms with Gasteiger partial charge in [0.25, 0.3) is 0 Å². The SMILES string of the molecule is CC(=O)N(Cc1ccc(Nc2c([N+](=O)[O-])c(C)nn2C)cc1)C1CC1. The fourth-order valence-electron chi connectivity index (χ4n) is 2.92. The number of nitro groups is 1. The van der Waals surface area contributed by atoms with Crippen LogP contribution in [-0.4, -0.2) is 31.6 Å². The van der Waals surface area contributed by atoms with Crippen LogP contribution in [0.15, 0.2) is 24.3 Å². The van der Waals surface area contributed by atoms with Crippen LogP contribution in [0.3, 0.4) is 0 Å². The van der Waals surface area contributed by atoms with Gasteiger partial charge in [0, 0.05) is 32.2 Å². The lowest BCUT2D eigenvalue weighted by atomic mass is 10.2. The summed E-state index contributed by atoms with van der Waals surface area (Å²) in [5.74, 6) is 0.435. The lowest BCUT2D eigenvalue weighted by Crippen LogP contribution is -2.30. The maximum absolute atomic E-state index is 11.7. The van der Waals surface area contributed by atoms with Crippen molar-refractivity contribution in [3.05, 3.63) is 45.6 Å². The first-order valence-electron chi connectivity index (χ1n) is 8.18. The summed E-state index contributed by atoms with van der Waals surface area (Å²) in [4.78, 5) is 24.4. The minimum absolute atomic E-state index is 0.0249. The summed E-state index contributed by atoms with van der Waals surface area (Å²) < 4.78 is 1.46. The fraction of sp³-hybridized carbons (Fsp3) is 0.412. The van der Waals surface area contributed by atoms with E-state index in [1.165, 1.54) is 4.68 Å². The maximum atomic E-state index is 11.7. The molecule has 1 amide bonds. The van der Waals surface area contributed by atoms with Crippen LogP contribution in [0.4, 0.5) is 17.2 Å². The monoisotopic (exact) mass is 343 g/mol. The van der Waals surface area contributed by atoms with E-state index < -0.39 is 4.92 Å². The van der Waals surface area contributed by atoms with Crippen molar-refractivity contribution >= 4 is 23.1 Å². The molecule has 0 aliphatic heterocycles. The van der Waals surface area contributed by atoms with Gasteiger partial charge in [0.05, 0.1) is 4.92 Å². The van der Waals surface area contributed by atoms with Gasteiger partial charge in [-0.15, -0.1) is 0 Å². The van der Waals surface area contributed by atoms with Crippen LogP contribution in [0, 0.1) is 17.0 Å². The van der Waals surface area contributed by atoms with Crippen molar-refractivity contribution in [2.75, 3.05) is 5.32 Å². The molecule has 0 unspecified atom stereocenters. The van der Waals surface area contributed by atoms with E-state index in [-0.39, 0.29) is 11.6 Å². The Kier molecular flexibility index (Phi) is 4.43. The van der Waals surface area contributed by atoms with E-state index in [9.17, 15) is 14.9 Å². The standard InChI is InChI=1S/C17H21N5O3/c1-11-16(22(24)25)17(20(3)19-11)18-14-6-4-13(5-7-14)10-21(12(2)23)15-8-9-15/h4-7,15,18H,8-10H2,1-3H3. The van der Waals surface area contributed by atoms with E-state index in [1.54, 1.807) is 20.9 Å². The van der Waals surface area contributed by atoms with E-state index in [0.717, 1.165) is 24.1 Å². The Morgan fingerprint density at radius 1 is 1.40 bits per heavy atom. The summed E-state index contributed by atoms with van der Waals surface area (Å²) in [6, 6.07) is 7.93. The minimum atomic E-state index is -0.431. The quantitative estimate of drug-likeness (QED) is 0.643. The molecule has 1 fully saturated rings. The molecule has 25 heavy (non-hydrogen) atoms. The highest BCUT2D eigenvalue weighted by molar-refractivity contribution is 5.74. The van der Waals surface area contributed by atoms with Crippen LogP contribution >= 0.6 is 0 Å². The fourth-order valence-corrected chi connectivity index (χ4v) is 2.92. The Balaban J connectivity index is 1.75. The summed E-state index contributed by atoms with van der Waals surface area (Å²) >= 11 is 0. The van der Waals surface area contributed by atoms with Crippen molar-refractivity contribution in [3.63, 3.8) is 0 Å².